The number of benzene rings is 2. The average molecular weight is 491 g/mol. The second-order valence-electron chi connectivity index (χ2n) is 7.82. The van der Waals surface area contributed by atoms with Crippen molar-refractivity contribution in [3.8, 4) is 17.2 Å². The first kappa shape index (κ1) is 22.3. The van der Waals surface area contributed by atoms with Crippen LogP contribution in [0.1, 0.15) is 23.5 Å². The van der Waals surface area contributed by atoms with Gasteiger partial charge in [0.2, 0.25) is 0 Å². The van der Waals surface area contributed by atoms with E-state index in [4.69, 9.17) is 33.3 Å². The summed E-state index contributed by atoms with van der Waals surface area (Å²) in [4.78, 5) is 6.73. The normalized spacial score (nSPS) is 17.5. The van der Waals surface area contributed by atoms with Gasteiger partial charge in [0.25, 0.3) is 0 Å². The first-order valence-electron chi connectivity index (χ1n) is 10.8. The van der Waals surface area contributed by atoms with Crippen LogP contribution < -0.4 is 19.7 Å². The zero-order chi connectivity index (χ0) is 23.7. The molecule has 6 nitrogen and oxygen atoms in total. The van der Waals surface area contributed by atoms with E-state index in [9.17, 15) is 0 Å². The van der Waals surface area contributed by atoms with Crippen LogP contribution in [0, 0.1) is 0 Å². The maximum Gasteiger partial charge on any atom is 0.174 e. The van der Waals surface area contributed by atoms with Crippen LogP contribution in [-0.4, -0.2) is 28.9 Å². The van der Waals surface area contributed by atoms with Gasteiger partial charge in [-0.1, -0.05) is 17.7 Å². The van der Waals surface area contributed by atoms with E-state index in [1.54, 1.807) is 20.4 Å². The molecule has 0 spiro atoms. The van der Waals surface area contributed by atoms with Gasteiger partial charge in [0.05, 0.1) is 31.0 Å². The highest BCUT2D eigenvalue weighted by molar-refractivity contribution is 7.80. The number of anilines is 1. The molecule has 34 heavy (non-hydrogen) atoms. The summed E-state index contributed by atoms with van der Waals surface area (Å²) >= 11 is 12.3. The van der Waals surface area contributed by atoms with Crippen LogP contribution in [-0.2, 0) is 0 Å². The van der Waals surface area contributed by atoms with E-state index in [2.05, 4.69) is 25.8 Å². The minimum atomic E-state index is -0.177. The van der Waals surface area contributed by atoms with Crippen LogP contribution in [0.5, 0.6) is 11.5 Å². The Bertz CT molecular complexity index is 1310. The number of nitrogens with one attached hydrogen (secondary N) is 1. The molecule has 1 fully saturated rings. The number of halogens is 1. The first-order valence-corrected chi connectivity index (χ1v) is 11.5. The second kappa shape index (κ2) is 9.37. The van der Waals surface area contributed by atoms with Crippen molar-refractivity contribution in [1.82, 2.24) is 14.9 Å². The Hall–Kier alpha value is -3.55. The number of rotatable bonds is 6. The lowest BCUT2D eigenvalue weighted by Crippen LogP contribution is -2.30. The Morgan fingerprint density at radius 1 is 0.941 bits per heavy atom. The largest absolute Gasteiger partial charge is 0.497 e. The molecule has 1 aliphatic heterocycles. The molecule has 0 aliphatic carbocycles. The fraction of sp³-hybridized carbons (Fsp3) is 0.154. The van der Waals surface area contributed by atoms with E-state index in [0.29, 0.717) is 15.9 Å². The fourth-order valence-corrected chi connectivity index (χ4v) is 4.95. The third-order valence-electron chi connectivity index (χ3n) is 5.95. The molecule has 1 saturated heterocycles. The lowest BCUT2D eigenvalue weighted by molar-refractivity contribution is 0.414. The van der Waals surface area contributed by atoms with Crippen molar-refractivity contribution in [3.05, 3.63) is 102 Å². The molecule has 2 aromatic heterocycles. The summed E-state index contributed by atoms with van der Waals surface area (Å²) in [7, 11) is 3.27. The molecule has 1 aliphatic rings. The number of hydrogen-bond acceptors (Lipinski definition) is 4. The van der Waals surface area contributed by atoms with E-state index in [0.717, 1.165) is 28.5 Å². The number of thiocarbonyl (C=S) groups is 1. The topological polar surface area (TPSA) is 51.5 Å². The van der Waals surface area contributed by atoms with Gasteiger partial charge in [-0.2, -0.15) is 0 Å². The molecule has 0 radical (unpaired) electrons. The predicted octanol–water partition coefficient (Wildman–Crippen LogP) is 5.72. The quantitative estimate of drug-likeness (QED) is 0.349. The van der Waals surface area contributed by atoms with Gasteiger partial charge in [-0.05, 0) is 78.9 Å². The monoisotopic (exact) mass is 490 g/mol. The van der Waals surface area contributed by atoms with Crippen molar-refractivity contribution >= 4 is 34.6 Å². The molecule has 2 aromatic carbocycles. The highest BCUT2D eigenvalue weighted by Crippen LogP contribution is 2.43. The molecule has 0 bridgehead atoms. The standard InChI is InChI=1S/C26H23ClN4O2S/c1-32-19-11-8-17(9-12-19)30-15-5-7-22(30)25-24(21-6-3-4-14-28-21)29-26(34)31(25)18-10-13-23(33-2)20(27)16-18/h3-16,24-25H,1-2H3,(H,29,34). The summed E-state index contributed by atoms with van der Waals surface area (Å²) in [6.45, 7) is 0. The molecule has 1 N–H and O–H groups in total. The zero-order valence-electron chi connectivity index (χ0n) is 18.7. The number of hydrogen-bond donors (Lipinski definition) is 1. The van der Waals surface area contributed by atoms with E-state index < -0.39 is 0 Å². The number of ether oxygens (including phenoxy) is 2. The van der Waals surface area contributed by atoms with Crippen LogP contribution in [0.3, 0.4) is 0 Å². The molecule has 5 rings (SSSR count). The number of pyridine rings is 1. The third kappa shape index (κ3) is 3.97. The average Bonchev–Trinajstić information content (AvgIpc) is 3.49. The molecule has 0 saturated carbocycles. The van der Waals surface area contributed by atoms with Gasteiger partial charge in [0.1, 0.15) is 17.5 Å². The maximum absolute atomic E-state index is 6.49. The van der Waals surface area contributed by atoms with Crippen molar-refractivity contribution in [2.45, 2.75) is 12.1 Å². The molecule has 3 heterocycles. The van der Waals surface area contributed by atoms with Gasteiger partial charge >= 0.3 is 0 Å². The van der Waals surface area contributed by atoms with Gasteiger partial charge in [-0.3, -0.25) is 4.98 Å². The Labute approximate surface area is 208 Å². The van der Waals surface area contributed by atoms with E-state index in [1.165, 1.54) is 0 Å². The summed E-state index contributed by atoms with van der Waals surface area (Å²) in [5.74, 6) is 1.42. The molecule has 4 aromatic rings. The fourth-order valence-electron chi connectivity index (χ4n) is 4.35. The Morgan fingerprint density at radius 3 is 2.41 bits per heavy atom. The summed E-state index contributed by atoms with van der Waals surface area (Å²) in [5, 5.41) is 4.61. The first-order chi connectivity index (χ1) is 16.6. The van der Waals surface area contributed by atoms with Crippen LogP contribution in [0.15, 0.2) is 85.2 Å². The van der Waals surface area contributed by atoms with Gasteiger partial charge < -0.3 is 24.3 Å². The van der Waals surface area contributed by atoms with Crippen LogP contribution in [0.25, 0.3) is 5.69 Å². The maximum atomic E-state index is 6.49. The highest BCUT2D eigenvalue weighted by Gasteiger charge is 2.42. The number of methoxy groups -OCH3 is 2. The SMILES string of the molecule is COc1ccc(-n2cccc2C2C(c3ccccn3)NC(=S)N2c2ccc(OC)c(Cl)c2)cc1. The summed E-state index contributed by atoms with van der Waals surface area (Å²) in [6, 6.07) is 23.4. The van der Waals surface area contributed by atoms with E-state index in [1.807, 2.05) is 72.9 Å². The minimum absolute atomic E-state index is 0.165. The molecule has 8 heteroatoms. The Kier molecular flexibility index (Phi) is 6.13. The molecular formula is C26H23ClN4O2S. The van der Waals surface area contributed by atoms with Gasteiger partial charge in [0, 0.05) is 29.5 Å². The van der Waals surface area contributed by atoms with Crippen molar-refractivity contribution in [2.24, 2.45) is 0 Å². The van der Waals surface area contributed by atoms with Crippen molar-refractivity contribution < 1.29 is 9.47 Å². The van der Waals surface area contributed by atoms with E-state index in [-0.39, 0.29) is 12.1 Å². The lowest BCUT2D eigenvalue weighted by atomic mass is 10.0. The number of aromatic nitrogens is 2. The summed E-state index contributed by atoms with van der Waals surface area (Å²) in [6.07, 6.45) is 3.85. The van der Waals surface area contributed by atoms with Crippen molar-refractivity contribution in [2.75, 3.05) is 19.1 Å². The zero-order valence-corrected chi connectivity index (χ0v) is 20.3. The van der Waals surface area contributed by atoms with Crippen molar-refractivity contribution in [3.63, 3.8) is 0 Å². The third-order valence-corrected chi connectivity index (χ3v) is 6.56. The van der Waals surface area contributed by atoms with Crippen molar-refractivity contribution in [1.29, 1.82) is 0 Å². The lowest BCUT2D eigenvalue weighted by Gasteiger charge is -2.29. The molecule has 2 atom stereocenters. The van der Waals surface area contributed by atoms with Crippen LogP contribution >= 0.6 is 23.8 Å². The molecular weight excluding hydrogens is 468 g/mol. The second-order valence-corrected chi connectivity index (χ2v) is 8.61. The van der Waals surface area contributed by atoms with Crippen LogP contribution in [0.2, 0.25) is 5.02 Å². The minimum Gasteiger partial charge on any atom is -0.497 e. The highest BCUT2D eigenvalue weighted by atomic mass is 35.5. The molecule has 172 valence electrons. The number of nitrogens with zero attached hydrogens (tertiary/aromatic N) is 3. The van der Waals surface area contributed by atoms with E-state index >= 15 is 0 Å². The van der Waals surface area contributed by atoms with Gasteiger partial charge in [0.15, 0.2) is 5.11 Å². The predicted molar refractivity (Wildman–Crippen MR) is 138 cm³/mol. The molecule has 0 amide bonds. The Morgan fingerprint density at radius 2 is 1.74 bits per heavy atom. The Balaban J connectivity index is 1.64. The van der Waals surface area contributed by atoms with Crippen LogP contribution in [0.4, 0.5) is 5.69 Å². The van der Waals surface area contributed by atoms with Gasteiger partial charge in [-0.15, -0.1) is 0 Å². The smallest absolute Gasteiger partial charge is 0.174 e. The molecule has 2 unspecified atom stereocenters. The summed E-state index contributed by atoms with van der Waals surface area (Å²) in [5.41, 5.74) is 3.85. The van der Waals surface area contributed by atoms with Gasteiger partial charge in [-0.25, -0.2) is 0 Å². The summed E-state index contributed by atoms with van der Waals surface area (Å²) < 4.78 is 12.8.